The van der Waals surface area contributed by atoms with Crippen molar-refractivity contribution in [3.05, 3.63) is 63.4 Å². The Morgan fingerprint density at radius 3 is 2.50 bits per heavy atom. The first-order valence-corrected chi connectivity index (χ1v) is 11.8. The second-order valence-electron chi connectivity index (χ2n) is 8.74. The number of fused-ring (bicyclic) bond motifs is 2. The van der Waals surface area contributed by atoms with Gasteiger partial charge < -0.3 is 14.6 Å². The number of aromatic nitrogens is 2. The van der Waals surface area contributed by atoms with Gasteiger partial charge in [-0.05, 0) is 86.4 Å². The first-order valence-electron chi connectivity index (χ1n) is 11.0. The zero-order valence-electron chi connectivity index (χ0n) is 18.2. The monoisotopic (exact) mass is 469 g/mol. The molecule has 0 saturated carbocycles. The van der Waals surface area contributed by atoms with Crippen LogP contribution < -0.4 is 0 Å². The quantitative estimate of drug-likeness (QED) is 0.581. The molecule has 1 N–H and O–H groups in total. The summed E-state index contributed by atoms with van der Waals surface area (Å²) in [6.45, 7) is 7.95. The van der Waals surface area contributed by atoms with Crippen LogP contribution in [0.5, 0.6) is 0 Å². The summed E-state index contributed by atoms with van der Waals surface area (Å²) >= 11 is 3.62. The van der Waals surface area contributed by atoms with E-state index in [2.05, 4.69) is 75.6 Å². The van der Waals surface area contributed by atoms with E-state index in [-0.39, 0.29) is 0 Å². The van der Waals surface area contributed by atoms with Crippen LogP contribution in [0.15, 0.2) is 40.9 Å². The average Bonchev–Trinajstić information content (AvgIpc) is 3.28. The molecule has 5 heteroatoms. The van der Waals surface area contributed by atoms with Gasteiger partial charge in [0.2, 0.25) is 0 Å². The van der Waals surface area contributed by atoms with Gasteiger partial charge in [-0.15, -0.1) is 0 Å². The lowest BCUT2D eigenvalue weighted by molar-refractivity contribution is 0.165. The van der Waals surface area contributed by atoms with Gasteiger partial charge in [0.15, 0.2) is 0 Å². The lowest BCUT2D eigenvalue weighted by Crippen LogP contribution is -2.38. The molecule has 0 radical (unpaired) electrons. The number of halogens is 1. The van der Waals surface area contributed by atoms with E-state index in [0.29, 0.717) is 6.04 Å². The van der Waals surface area contributed by atoms with Gasteiger partial charge in [-0.3, -0.25) is 0 Å². The maximum absolute atomic E-state index is 7.00. The molecular formula is C25H32BrN3O. The molecule has 2 heterocycles. The van der Waals surface area contributed by atoms with E-state index in [1.807, 2.05) is 0 Å². The molecule has 1 aromatic heterocycles. The summed E-state index contributed by atoms with van der Waals surface area (Å²) in [7, 11) is 1.00. The predicted molar refractivity (Wildman–Crippen MR) is 127 cm³/mol. The first kappa shape index (κ1) is 21.5. The number of hydrogen-bond acceptors (Lipinski definition) is 3. The van der Waals surface area contributed by atoms with E-state index in [4.69, 9.17) is 10.1 Å². The minimum absolute atomic E-state index is 0.584. The maximum Gasteiger partial charge on any atom is 0.106 e. The Balaban J connectivity index is 0.00000106. The number of aliphatic hydroxyl groups excluding tert-OH is 1. The van der Waals surface area contributed by atoms with Crippen LogP contribution in [0.25, 0.3) is 11.0 Å². The van der Waals surface area contributed by atoms with Gasteiger partial charge in [-0.25, -0.2) is 4.98 Å². The van der Waals surface area contributed by atoms with Gasteiger partial charge in [0.1, 0.15) is 5.82 Å². The van der Waals surface area contributed by atoms with Gasteiger partial charge >= 0.3 is 0 Å². The first-order chi connectivity index (χ1) is 14.6. The highest BCUT2D eigenvalue weighted by Crippen LogP contribution is 2.32. The summed E-state index contributed by atoms with van der Waals surface area (Å²) in [6.07, 6.45) is 4.93. The van der Waals surface area contributed by atoms with E-state index in [9.17, 15) is 0 Å². The topological polar surface area (TPSA) is 41.3 Å². The molecule has 1 aliphatic heterocycles. The van der Waals surface area contributed by atoms with Crippen molar-refractivity contribution in [1.82, 2.24) is 14.5 Å². The van der Waals surface area contributed by atoms with E-state index in [1.54, 1.807) is 11.1 Å². The number of nitrogens with zero attached hydrogens (tertiary/aromatic N) is 3. The molecule has 3 aromatic rings. The van der Waals surface area contributed by atoms with Crippen LogP contribution in [0.3, 0.4) is 0 Å². The smallest absolute Gasteiger partial charge is 0.106 e. The highest BCUT2D eigenvalue weighted by Gasteiger charge is 2.27. The van der Waals surface area contributed by atoms with Crippen molar-refractivity contribution in [3.63, 3.8) is 0 Å². The van der Waals surface area contributed by atoms with E-state index in [0.717, 1.165) is 24.4 Å². The van der Waals surface area contributed by atoms with Crippen LogP contribution in [0, 0.1) is 19.8 Å². The van der Waals surface area contributed by atoms with E-state index in [1.165, 1.54) is 60.9 Å². The van der Waals surface area contributed by atoms with Crippen molar-refractivity contribution in [2.24, 2.45) is 5.92 Å². The van der Waals surface area contributed by atoms with Crippen LogP contribution in [0.2, 0.25) is 0 Å². The summed E-state index contributed by atoms with van der Waals surface area (Å²) < 4.78 is 3.71. The summed E-state index contributed by atoms with van der Waals surface area (Å²) in [5, 5.41) is 7.00. The van der Waals surface area contributed by atoms with Gasteiger partial charge in [-0.1, -0.05) is 28.1 Å². The molecule has 1 aliphatic carbocycles. The van der Waals surface area contributed by atoms with Crippen molar-refractivity contribution < 1.29 is 5.11 Å². The number of hydrogen-bond donors (Lipinski definition) is 1. The summed E-state index contributed by atoms with van der Waals surface area (Å²) in [4.78, 5) is 7.52. The normalized spacial score (nSPS) is 19.6. The lowest BCUT2D eigenvalue weighted by Gasteiger charge is -2.34. The molecule has 0 spiro atoms. The number of piperidine rings is 1. The van der Waals surface area contributed by atoms with Crippen LogP contribution in [-0.4, -0.2) is 46.3 Å². The number of aryl methyl sites for hydroxylation is 2. The Bertz CT molecular complexity index is 1020. The van der Waals surface area contributed by atoms with Crippen LogP contribution in [-0.2, 0) is 12.8 Å². The van der Waals surface area contributed by atoms with Crippen molar-refractivity contribution in [2.75, 3.05) is 26.7 Å². The number of aliphatic hydroxyl groups is 1. The lowest BCUT2D eigenvalue weighted by atomic mass is 10.0. The molecule has 4 nitrogen and oxygen atoms in total. The highest BCUT2D eigenvalue weighted by molar-refractivity contribution is 9.10. The Morgan fingerprint density at radius 2 is 1.73 bits per heavy atom. The van der Waals surface area contributed by atoms with Crippen LogP contribution in [0.4, 0.5) is 0 Å². The molecule has 1 saturated heterocycles. The molecule has 2 aliphatic rings. The second-order valence-corrected chi connectivity index (χ2v) is 9.66. The third-order valence-electron chi connectivity index (χ3n) is 6.65. The molecule has 160 valence electrons. The van der Waals surface area contributed by atoms with Gasteiger partial charge in [0.05, 0.1) is 11.0 Å². The Kier molecular flexibility index (Phi) is 6.61. The Morgan fingerprint density at radius 1 is 1.00 bits per heavy atom. The minimum Gasteiger partial charge on any atom is -0.400 e. The zero-order valence-corrected chi connectivity index (χ0v) is 19.8. The van der Waals surface area contributed by atoms with Crippen LogP contribution >= 0.6 is 15.9 Å². The SMILES string of the molecule is CO.Cc1ccc2c(c1)nc(C)n2C1CCN(C[C@@H]2Cc3ccc(Br)cc3C2)CC1. The zero-order chi connectivity index (χ0) is 21.3. The Labute approximate surface area is 188 Å². The summed E-state index contributed by atoms with van der Waals surface area (Å²) in [6, 6.07) is 14.1. The number of imidazole rings is 1. The molecule has 30 heavy (non-hydrogen) atoms. The fourth-order valence-electron chi connectivity index (χ4n) is 5.32. The summed E-state index contributed by atoms with van der Waals surface area (Å²) in [5.41, 5.74) is 6.84. The van der Waals surface area contributed by atoms with Gasteiger partial charge in [0.25, 0.3) is 0 Å². The fraction of sp³-hybridized carbons (Fsp3) is 0.480. The second kappa shape index (κ2) is 9.21. The van der Waals surface area contributed by atoms with E-state index >= 15 is 0 Å². The van der Waals surface area contributed by atoms with Crippen molar-refractivity contribution >= 4 is 27.0 Å². The molecule has 0 bridgehead atoms. The minimum atomic E-state index is 0.584. The van der Waals surface area contributed by atoms with E-state index < -0.39 is 0 Å². The summed E-state index contributed by atoms with van der Waals surface area (Å²) in [5.74, 6) is 1.94. The maximum atomic E-state index is 7.00. The molecule has 1 fully saturated rings. The van der Waals surface area contributed by atoms with Crippen molar-refractivity contribution in [3.8, 4) is 0 Å². The third-order valence-corrected chi connectivity index (χ3v) is 7.14. The predicted octanol–water partition coefficient (Wildman–Crippen LogP) is 5.08. The molecular weight excluding hydrogens is 438 g/mol. The highest BCUT2D eigenvalue weighted by atomic mass is 79.9. The standard InChI is InChI=1S/C24H28BrN3.CH4O/c1-16-3-6-24-23(11-16)26-17(2)28(24)22-7-9-27(10-8-22)15-18-12-19-4-5-21(25)14-20(19)13-18;1-2/h3-6,11,14,18,22H,7-10,12-13,15H2,1-2H3;2H,1H3/t18-;/m1./s1. The average molecular weight is 470 g/mol. The number of benzene rings is 2. The van der Waals surface area contributed by atoms with Gasteiger partial charge in [-0.2, -0.15) is 0 Å². The molecule has 1 atom stereocenters. The molecule has 0 unspecified atom stereocenters. The molecule has 2 aromatic carbocycles. The number of likely N-dealkylation sites (tertiary alicyclic amines) is 1. The molecule has 5 rings (SSSR count). The largest absolute Gasteiger partial charge is 0.400 e. The third kappa shape index (κ3) is 4.34. The van der Waals surface area contributed by atoms with Crippen LogP contribution in [0.1, 0.15) is 41.4 Å². The molecule has 0 amide bonds. The Hall–Kier alpha value is -1.69. The van der Waals surface area contributed by atoms with Crippen molar-refractivity contribution in [2.45, 2.75) is 45.6 Å². The number of rotatable bonds is 3. The fourth-order valence-corrected chi connectivity index (χ4v) is 5.73. The van der Waals surface area contributed by atoms with Gasteiger partial charge in [0, 0.05) is 37.3 Å². The van der Waals surface area contributed by atoms with Crippen molar-refractivity contribution in [1.29, 1.82) is 0 Å².